The highest BCUT2D eigenvalue weighted by Gasteiger charge is 2.60. The Balaban J connectivity index is 1.26. The zero-order chi connectivity index (χ0) is 28.8. The Labute approximate surface area is 225 Å². The van der Waals surface area contributed by atoms with E-state index in [1.807, 2.05) is 0 Å². The fourth-order valence-electron chi connectivity index (χ4n) is 4.15. The maximum absolute atomic E-state index is 12.5. The van der Waals surface area contributed by atoms with Crippen LogP contribution in [0.25, 0.3) is 0 Å². The SMILES string of the molecule is CC(=O)CSC1CC(=O)N(CCOCCOCCOC[C@@]23CO[C@@H](O2)[C@@H](NC(=O)C(F)(F)F)[C@@H](O)[C@H]3O)C1=O. The van der Waals surface area contributed by atoms with Crippen LogP contribution < -0.4 is 5.32 Å². The minimum Gasteiger partial charge on any atom is -0.388 e. The molecule has 0 spiro atoms. The highest BCUT2D eigenvalue weighted by Crippen LogP contribution is 2.37. The Bertz CT molecular complexity index is 911. The number of nitrogens with zero attached hydrogens (tertiary/aromatic N) is 1. The molecule has 0 aromatic heterocycles. The number of hydrogen-bond donors (Lipinski definition) is 3. The van der Waals surface area contributed by atoms with Gasteiger partial charge in [-0.25, -0.2) is 0 Å². The molecule has 17 heteroatoms. The molecule has 222 valence electrons. The van der Waals surface area contributed by atoms with Crippen LogP contribution in [0.3, 0.4) is 0 Å². The number of halogens is 3. The number of Topliss-reactive ketones (excluding diaryl/α,β-unsaturated/α-hetero) is 1. The third kappa shape index (κ3) is 8.09. The van der Waals surface area contributed by atoms with Crippen molar-refractivity contribution in [1.29, 1.82) is 0 Å². The lowest BCUT2D eigenvalue weighted by Gasteiger charge is -2.42. The van der Waals surface area contributed by atoms with E-state index in [9.17, 15) is 42.6 Å². The first-order valence-corrected chi connectivity index (χ1v) is 13.1. The van der Waals surface area contributed by atoms with Crippen LogP contribution in [0.5, 0.6) is 0 Å². The van der Waals surface area contributed by atoms with Crippen molar-refractivity contribution >= 4 is 35.3 Å². The van der Waals surface area contributed by atoms with Crippen LogP contribution >= 0.6 is 11.8 Å². The molecule has 3 rings (SSSR count). The van der Waals surface area contributed by atoms with Gasteiger partial charge in [-0.1, -0.05) is 0 Å². The summed E-state index contributed by atoms with van der Waals surface area (Å²) in [5, 5.41) is 21.7. The van der Waals surface area contributed by atoms with Gasteiger partial charge in [-0.2, -0.15) is 13.2 Å². The molecule has 3 N–H and O–H groups in total. The van der Waals surface area contributed by atoms with Crippen LogP contribution in [0.1, 0.15) is 13.3 Å². The first-order valence-electron chi connectivity index (χ1n) is 12.1. The number of fused-ring (bicyclic) bond motifs is 2. The lowest BCUT2D eigenvalue weighted by molar-refractivity contribution is -0.240. The quantitative estimate of drug-likeness (QED) is 0.148. The number of aliphatic hydroxyl groups is 2. The minimum absolute atomic E-state index is 0.0446. The van der Waals surface area contributed by atoms with Crippen molar-refractivity contribution in [3.63, 3.8) is 0 Å². The number of rotatable bonds is 15. The number of likely N-dealkylation sites (tertiary alicyclic amines) is 1. The maximum Gasteiger partial charge on any atom is 0.471 e. The summed E-state index contributed by atoms with van der Waals surface area (Å²) in [7, 11) is 0. The molecule has 0 aliphatic carbocycles. The average Bonchev–Trinajstić information content (AvgIpc) is 3.39. The summed E-state index contributed by atoms with van der Waals surface area (Å²) < 4.78 is 64.5. The van der Waals surface area contributed by atoms with E-state index in [-0.39, 0.29) is 82.6 Å². The van der Waals surface area contributed by atoms with Gasteiger partial charge in [0.15, 0.2) is 6.29 Å². The highest BCUT2D eigenvalue weighted by molar-refractivity contribution is 8.01. The predicted molar refractivity (Wildman–Crippen MR) is 124 cm³/mol. The second-order valence-corrected chi connectivity index (χ2v) is 10.4. The third-order valence-electron chi connectivity index (χ3n) is 6.16. The molecule has 0 saturated carbocycles. The van der Waals surface area contributed by atoms with Gasteiger partial charge in [-0.05, 0) is 6.92 Å². The molecule has 3 heterocycles. The number of nitrogens with one attached hydrogen (secondary N) is 1. The van der Waals surface area contributed by atoms with Gasteiger partial charge in [0, 0.05) is 6.42 Å². The molecule has 0 aromatic carbocycles. The summed E-state index contributed by atoms with van der Waals surface area (Å²) in [6.07, 6.45) is -10.0. The lowest BCUT2D eigenvalue weighted by Crippen LogP contribution is -2.67. The van der Waals surface area contributed by atoms with Gasteiger partial charge in [0.2, 0.25) is 11.8 Å². The second-order valence-electron chi connectivity index (χ2n) is 9.16. The summed E-state index contributed by atoms with van der Waals surface area (Å²) >= 11 is 1.15. The second kappa shape index (κ2) is 13.7. The summed E-state index contributed by atoms with van der Waals surface area (Å²) in [5.41, 5.74) is -1.53. The molecule has 1 unspecified atom stereocenters. The van der Waals surface area contributed by atoms with E-state index in [2.05, 4.69) is 0 Å². The summed E-state index contributed by atoms with van der Waals surface area (Å²) in [6, 6.07) is -1.62. The zero-order valence-electron chi connectivity index (χ0n) is 21.0. The number of thioether (sulfide) groups is 1. The smallest absolute Gasteiger partial charge is 0.388 e. The first kappa shape index (κ1) is 31.7. The molecule has 3 saturated heterocycles. The normalized spacial score (nSPS) is 30.7. The van der Waals surface area contributed by atoms with Gasteiger partial charge in [-0.15, -0.1) is 11.8 Å². The van der Waals surface area contributed by atoms with Crippen LogP contribution in [0.4, 0.5) is 13.2 Å². The van der Waals surface area contributed by atoms with Gasteiger partial charge in [0.1, 0.15) is 29.6 Å². The molecule has 2 bridgehead atoms. The number of aliphatic hydroxyl groups excluding tert-OH is 2. The van der Waals surface area contributed by atoms with Crippen molar-refractivity contribution in [3.8, 4) is 0 Å². The number of ketones is 1. The largest absolute Gasteiger partial charge is 0.471 e. The Morgan fingerprint density at radius 2 is 1.77 bits per heavy atom. The van der Waals surface area contributed by atoms with Crippen molar-refractivity contribution in [2.45, 2.75) is 54.9 Å². The Hall–Kier alpha value is -1.86. The summed E-state index contributed by atoms with van der Waals surface area (Å²) in [6.45, 7) is 1.61. The van der Waals surface area contributed by atoms with Crippen molar-refractivity contribution in [1.82, 2.24) is 10.2 Å². The summed E-state index contributed by atoms with van der Waals surface area (Å²) in [5.74, 6) is -2.83. The van der Waals surface area contributed by atoms with E-state index in [4.69, 9.17) is 23.7 Å². The Morgan fingerprint density at radius 1 is 1.13 bits per heavy atom. The highest BCUT2D eigenvalue weighted by atomic mass is 32.2. The average molecular weight is 589 g/mol. The fraction of sp³-hybridized carbons (Fsp3) is 0.818. The zero-order valence-corrected chi connectivity index (χ0v) is 21.8. The van der Waals surface area contributed by atoms with E-state index in [0.29, 0.717) is 0 Å². The number of amides is 3. The maximum atomic E-state index is 12.5. The molecule has 0 aromatic rings. The molecule has 6 atom stereocenters. The summed E-state index contributed by atoms with van der Waals surface area (Å²) in [4.78, 5) is 47.7. The van der Waals surface area contributed by atoms with Crippen molar-refractivity contribution in [3.05, 3.63) is 0 Å². The van der Waals surface area contributed by atoms with Crippen LogP contribution in [-0.2, 0) is 42.9 Å². The number of carbonyl (C=O) groups is 4. The van der Waals surface area contributed by atoms with Crippen LogP contribution in [-0.4, -0.2) is 139 Å². The predicted octanol–water partition coefficient (Wildman–Crippen LogP) is -1.62. The van der Waals surface area contributed by atoms with Crippen LogP contribution in [0.2, 0.25) is 0 Å². The van der Waals surface area contributed by atoms with E-state index in [1.54, 1.807) is 5.32 Å². The number of ether oxygens (including phenoxy) is 5. The van der Waals surface area contributed by atoms with Crippen molar-refractivity contribution < 1.29 is 66.2 Å². The molecule has 13 nitrogen and oxygen atoms in total. The third-order valence-corrected chi connectivity index (χ3v) is 7.51. The van der Waals surface area contributed by atoms with Crippen LogP contribution in [0, 0.1) is 0 Å². The molecule has 3 amide bonds. The topological polar surface area (TPSA) is 170 Å². The van der Waals surface area contributed by atoms with E-state index >= 15 is 0 Å². The fourth-order valence-corrected chi connectivity index (χ4v) is 5.11. The van der Waals surface area contributed by atoms with Gasteiger partial charge >= 0.3 is 12.1 Å². The van der Waals surface area contributed by atoms with E-state index in [1.165, 1.54) is 6.92 Å². The molecule has 39 heavy (non-hydrogen) atoms. The van der Waals surface area contributed by atoms with Crippen molar-refractivity contribution in [2.24, 2.45) is 0 Å². The molecule has 3 aliphatic rings. The van der Waals surface area contributed by atoms with Crippen LogP contribution in [0.15, 0.2) is 0 Å². The van der Waals surface area contributed by atoms with Crippen molar-refractivity contribution in [2.75, 3.05) is 58.5 Å². The number of alkyl halides is 3. The number of carbonyl (C=O) groups excluding carboxylic acids is 4. The van der Waals surface area contributed by atoms with E-state index < -0.39 is 47.5 Å². The van der Waals surface area contributed by atoms with Gasteiger partial charge in [0.25, 0.3) is 0 Å². The van der Waals surface area contributed by atoms with Gasteiger partial charge < -0.3 is 39.2 Å². The monoisotopic (exact) mass is 588 g/mol. The molecule has 3 aliphatic heterocycles. The first-order chi connectivity index (χ1) is 18.4. The van der Waals surface area contributed by atoms with E-state index in [0.717, 1.165) is 16.7 Å². The molecular weight excluding hydrogens is 557 g/mol. The van der Waals surface area contributed by atoms with Gasteiger partial charge in [-0.3, -0.25) is 24.1 Å². The Morgan fingerprint density at radius 3 is 2.41 bits per heavy atom. The minimum atomic E-state index is -5.18. The standard InChI is InChI=1S/C22H31F3N2O11S/c1-12(28)9-39-13-8-14(29)27(18(13)32)2-3-34-4-5-35-6-7-36-10-21-11-37-19(38-21)15(16(30)17(21)31)26-20(33)22(23,24)25/h13,15-17,19,30-31H,2-11H2,1H3,(H,26,33)/t13?,15-,16+,17+,19-,21-/m0/s1. The molecular formula is C22H31F3N2O11S. The number of imide groups is 1. The Kier molecular flexibility index (Phi) is 11.1. The lowest BCUT2D eigenvalue weighted by atomic mass is 9.88. The molecule has 3 fully saturated rings. The number of hydrogen-bond acceptors (Lipinski definition) is 12. The van der Waals surface area contributed by atoms with Gasteiger partial charge in [0.05, 0.1) is 63.8 Å². The molecule has 0 radical (unpaired) electrons.